The topological polar surface area (TPSA) is 76.1 Å². The standard InChI is InChI=1S/C22H24N4O2/c1-16-15-17(2)25-22(24-16)23-14-6-9-21(27)26-18-10-12-20(13-11-18)28-19-7-4-3-5-8-19/h3-5,7-8,10-13,15H,6,9,14H2,1-2H3,(H,26,27)(H,23,24,25). The van der Waals surface area contributed by atoms with E-state index in [0.717, 1.165) is 28.6 Å². The summed E-state index contributed by atoms with van der Waals surface area (Å²) in [5, 5.41) is 6.05. The number of aromatic nitrogens is 2. The Labute approximate surface area is 165 Å². The number of nitrogens with zero attached hydrogens (tertiary/aromatic N) is 2. The lowest BCUT2D eigenvalue weighted by atomic mass is 10.2. The van der Waals surface area contributed by atoms with Gasteiger partial charge in [0.2, 0.25) is 11.9 Å². The van der Waals surface area contributed by atoms with Gasteiger partial charge in [-0.15, -0.1) is 0 Å². The molecule has 144 valence electrons. The smallest absolute Gasteiger partial charge is 0.224 e. The van der Waals surface area contributed by atoms with Crippen molar-refractivity contribution >= 4 is 17.5 Å². The van der Waals surface area contributed by atoms with Crippen molar-refractivity contribution in [2.75, 3.05) is 17.2 Å². The number of rotatable bonds is 8. The van der Waals surface area contributed by atoms with Gasteiger partial charge in [-0.2, -0.15) is 0 Å². The summed E-state index contributed by atoms with van der Waals surface area (Å²) >= 11 is 0. The number of carbonyl (C=O) groups is 1. The Morgan fingerprint density at radius 2 is 1.57 bits per heavy atom. The highest BCUT2D eigenvalue weighted by molar-refractivity contribution is 5.90. The third-order valence-corrected chi connectivity index (χ3v) is 3.96. The molecule has 0 fully saturated rings. The molecular weight excluding hydrogens is 352 g/mol. The maximum Gasteiger partial charge on any atom is 0.224 e. The molecule has 2 N–H and O–H groups in total. The first-order valence-electron chi connectivity index (χ1n) is 9.27. The van der Waals surface area contributed by atoms with Crippen LogP contribution in [0.1, 0.15) is 24.2 Å². The summed E-state index contributed by atoms with van der Waals surface area (Å²) in [5.41, 5.74) is 2.59. The summed E-state index contributed by atoms with van der Waals surface area (Å²) < 4.78 is 5.74. The lowest BCUT2D eigenvalue weighted by Crippen LogP contribution is -2.14. The number of hydrogen-bond acceptors (Lipinski definition) is 5. The third-order valence-electron chi connectivity index (χ3n) is 3.96. The van der Waals surface area contributed by atoms with Gasteiger partial charge in [-0.3, -0.25) is 4.79 Å². The number of nitrogens with one attached hydrogen (secondary N) is 2. The zero-order valence-corrected chi connectivity index (χ0v) is 16.1. The maximum absolute atomic E-state index is 12.1. The molecular formula is C22H24N4O2. The summed E-state index contributed by atoms with van der Waals surface area (Å²) in [6.07, 6.45) is 1.11. The van der Waals surface area contributed by atoms with Crippen molar-refractivity contribution in [3.63, 3.8) is 0 Å². The van der Waals surface area contributed by atoms with Crippen molar-refractivity contribution in [1.29, 1.82) is 0 Å². The third kappa shape index (κ3) is 6.09. The normalized spacial score (nSPS) is 10.4. The van der Waals surface area contributed by atoms with E-state index >= 15 is 0 Å². The summed E-state index contributed by atoms with van der Waals surface area (Å²) in [7, 11) is 0. The van der Waals surface area contributed by atoms with E-state index in [-0.39, 0.29) is 5.91 Å². The van der Waals surface area contributed by atoms with Crippen LogP contribution in [0, 0.1) is 13.8 Å². The molecule has 2 aromatic carbocycles. The second kappa shape index (κ2) is 9.50. The molecule has 3 rings (SSSR count). The predicted octanol–water partition coefficient (Wildman–Crippen LogP) is 4.72. The molecule has 6 heteroatoms. The molecule has 0 aliphatic heterocycles. The van der Waals surface area contributed by atoms with Crippen LogP contribution in [-0.2, 0) is 4.79 Å². The van der Waals surface area contributed by atoms with Gasteiger partial charge in [0, 0.05) is 30.0 Å². The van der Waals surface area contributed by atoms with Crippen LogP contribution in [0.5, 0.6) is 11.5 Å². The SMILES string of the molecule is Cc1cc(C)nc(NCCCC(=O)Nc2ccc(Oc3ccccc3)cc2)n1. The molecule has 6 nitrogen and oxygen atoms in total. The fraction of sp³-hybridized carbons (Fsp3) is 0.227. The van der Waals surface area contributed by atoms with Gasteiger partial charge in [0.25, 0.3) is 0 Å². The number of para-hydroxylation sites is 1. The first-order valence-corrected chi connectivity index (χ1v) is 9.27. The average molecular weight is 376 g/mol. The van der Waals surface area contributed by atoms with Gasteiger partial charge < -0.3 is 15.4 Å². The Morgan fingerprint density at radius 3 is 2.25 bits per heavy atom. The number of amides is 1. The molecule has 0 unspecified atom stereocenters. The zero-order valence-electron chi connectivity index (χ0n) is 16.1. The molecule has 3 aromatic rings. The van der Waals surface area contributed by atoms with E-state index in [0.29, 0.717) is 25.3 Å². The highest BCUT2D eigenvalue weighted by Crippen LogP contribution is 2.22. The van der Waals surface area contributed by atoms with Crippen LogP contribution in [-0.4, -0.2) is 22.4 Å². The molecule has 0 aliphatic rings. The van der Waals surface area contributed by atoms with Gasteiger partial charge in [-0.1, -0.05) is 18.2 Å². The van der Waals surface area contributed by atoms with E-state index in [1.807, 2.05) is 74.5 Å². The number of hydrogen-bond donors (Lipinski definition) is 2. The summed E-state index contributed by atoms with van der Waals surface area (Å²) in [6.45, 7) is 4.51. The Balaban J connectivity index is 1.40. The van der Waals surface area contributed by atoms with Gasteiger partial charge in [0.15, 0.2) is 0 Å². The van der Waals surface area contributed by atoms with Crippen LogP contribution in [0.25, 0.3) is 0 Å². The van der Waals surface area contributed by atoms with E-state index in [4.69, 9.17) is 4.74 Å². The second-order valence-corrected chi connectivity index (χ2v) is 6.49. The highest BCUT2D eigenvalue weighted by atomic mass is 16.5. The van der Waals surface area contributed by atoms with Crippen LogP contribution in [0.3, 0.4) is 0 Å². The molecule has 28 heavy (non-hydrogen) atoms. The molecule has 0 saturated carbocycles. The molecule has 0 atom stereocenters. The van der Waals surface area contributed by atoms with Crippen molar-refractivity contribution in [2.45, 2.75) is 26.7 Å². The zero-order chi connectivity index (χ0) is 19.8. The van der Waals surface area contributed by atoms with Crippen LogP contribution in [0.4, 0.5) is 11.6 Å². The van der Waals surface area contributed by atoms with Crippen molar-refractivity contribution in [3.05, 3.63) is 72.1 Å². The monoisotopic (exact) mass is 376 g/mol. The minimum absolute atomic E-state index is 0.0279. The van der Waals surface area contributed by atoms with E-state index in [1.54, 1.807) is 0 Å². The Kier molecular flexibility index (Phi) is 6.57. The lowest BCUT2D eigenvalue weighted by Gasteiger charge is -2.09. The van der Waals surface area contributed by atoms with Gasteiger partial charge >= 0.3 is 0 Å². The van der Waals surface area contributed by atoms with Crippen LogP contribution >= 0.6 is 0 Å². The van der Waals surface area contributed by atoms with Crippen molar-refractivity contribution in [1.82, 2.24) is 9.97 Å². The number of ether oxygens (including phenoxy) is 1. The molecule has 1 heterocycles. The van der Waals surface area contributed by atoms with Crippen molar-refractivity contribution in [2.24, 2.45) is 0 Å². The molecule has 0 saturated heterocycles. The van der Waals surface area contributed by atoms with Crippen molar-refractivity contribution in [3.8, 4) is 11.5 Å². The second-order valence-electron chi connectivity index (χ2n) is 6.49. The molecule has 0 spiro atoms. The Bertz CT molecular complexity index is 891. The Hall–Kier alpha value is -3.41. The summed E-state index contributed by atoms with van der Waals surface area (Å²) in [4.78, 5) is 20.8. The fourth-order valence-corrected chi connectivity index (χ4v) is 2.71. The van der Waals surface area contributed by atoms with Crippen LogP contribution < -0.4 is 15.4 Å². The molecule has 1 aromatic heterocycles. The number of carbonyl (C=O) groups excluding carboxylic acids is 1. The van der Waals surface area contributed by atoms with Gasteiger partial charge in [-0.05, 0) is 62.7 Å². The van der Waals surface area contributed by atoms with E-state index < -0.39 is 0 Å². The van der Waals surface area contributed by atoms with Crippen LogP contribution in [0.15, 0.2) is 60.7 Å². The fourth-order valence-electron chi connectivity index (χ4n) is 2.71. The molecule has 0 radical (unpaired) electrons. The van der Waals surface area contributed by atoms with Crippen LogP contribution in [0.2, 0.25) is 0 Å². The number of anilines is 2. The largest absolute Gasteiger partial charge is 0.457 e. The molecule has 0 bridgehead atoms. The lowest BCUT2D eigenvalue weighted by molar-refractivity contribution is -0.116. The summed E-state index contributed by atoms with van der Waals surface area (Å²) in [6, 6.07) is 18.8. The van der Waals surface area contributed by atoms with E-state index in [9.17, 15) is 4.79 Å². The minimum Gasteiger partial charge on any atom is -0.457 e. The van der Waals surface area contributed by atoms with E-state index in [2.05, 4.69) is 20.6 Å². The summed E-state index contributed by atoms with van der Waals surface area (Å²) in [5.74, 6) is 2.08. The van der Waals surface area contributed by atoms with Gasteiger partial charge in [0.05, 0.1) is 0 Å². The molecule has 0 aliphatic carbocycles. The predicted molar refractivity (Wildman–Crippen MR) is 111 cm³/mol. The van der Waals surface area contributed by atoms with Gasteiger partial charge in [0.1, 0.15) is 11.5 Å². The highest BCUT2D eigenvalue weighted by Gasteiger charge is 2.04. The first-order chi connectivity index (χ1) is 13.6. The van der Waals surface area contributed by atoms with E-state index in [1.165, 1.54) is 0 Å². The quantitative estimate of drug-likeness (QED) is 0.557. The number of benzene rings is 2. The molecule has 1 amide bonds. The Morgan fingerprint density at radius 1 is 0.929 bits per heavy atom. The first kappa shape index (κ1) is 19.4. The van der Waals surface area contributed by atoms with Crippen molar-refractivity contribution < 1.29 is 9.53 Å². The minimum atomic E-state index is -0.0279. The average Bonchev–Trinajstić information content (AvgIpc) is 2.67. The maximum atomic E-state index is 12.1. The number of aryl methyl sites for hydroxylation is 2. The van der Waals surface area contributed by atoms with Gasteiger partial charge in [-0.25, -0.2) is 9.97 Å².